The maximum atomic E-state index is 12.7. The van der Waals surface area contributed by atoms with Crippen molar-refractivity contribution in [3.63, 3.8) is 0 Å². The number of benzene rings is 2. The molecule has 0 aromatic heterocycles. The standard InChI is InChI=1S/C15H9Cl2F3N2O2/c16-11-5-9(15(18,19)20)6-12(17)13(11)22-21-7-8-3-1-2-4-10(8)14(23)24/h1-7,22H,(H,23,24)/b21-7+. The van der Waals surface area contributed by atoms with Crippen LogP contribution in [0.4, 0.5) is 18.9 Å². The van der Waals surface area contributed by atoms with E-state index >= 15 is 0 Å². The number of hydrogen-bond donors (Lipinski definition) is 2. The highest BCUT2D eigenvalue weighted by atomic mass is 35.5. The van der Waals surface area contributed by atoms with Crippen LogP contribution in [-0.2, 0) is 6.18 Å². The second-order valence-electron chi connectivity index (χ2n) is 4.58. The SMILES string of the molecule is O=C(O)c1ccccc1/C=N/Nc1c(Cl)cc(C(F)(F)F)cc1Cl. The quantitative estimate of drug-likeness (QED) is 0.572. The van der Waals surface area contributed by atoms with Gasteiger partial charge in [0.25, 0.3) is 0 Å². The second-order valence-corrected chi connectivity index (χ2v) is 5.39. The monoisotopic (exact) mass is 376 g/mol. The lowest BCUT2D eigenvalue weighted by molar-refractivity contribution is -0.137. The summed E-state index contributed by atoms with van der Waals surface area (Å²) in [6.07, 6.45) is -3.37. The third-order valence-corrected chi connectivity index (χ3v) is 3.54. The van der Waals surface area contributed by atoms with Gasteiger partial charge in [0, 0.05) is 5.56 Å². The van der Waals surface area contributed by atoms with E-state index in [1.165, 1.54) is 18.3 Å². The number of carboxylic acid groups (broad SMARTS) is 1. The zero-order valence-corrected chi connectivity index (χ0v) is 13.2. The Balaban J connectivity index is 2.26. The van der Waals surface area contributed by atoms with Crippen molar-refractivity contribution >= 4 is 41.1 Å². The van der Waals surface area contributed by atoms with Gasteiger partial charge >= 0.3 is 12.1 Å². The van der Waals surface area contributed by atoms with Gasteiger partial charge in [0.15, 0.2) is 0 Å². The van der Waals surface area contributed by atoms with E-state index in [2.05, 4.69) is 10.5 Å². The molecule has 0 aliphatic heterocycles. The van der Waals surface area contributed by atoms with E-state index in [1.807, 2.05) is 0 Å². The molecule has 2 aromatic rings. The predicted molar refractivity (Wildman–Crippen MR) is 86.1 cm³/mol. The minimum Gasteiger partial charge on any atom is -0.478 e. The van der Waals surface area contributed by atoms with Crippen LogP contribution in [0.15, 0.2) is 41.5 Å². The summed E-state index contributed by atoms with van der Waals surface area (Å²) in [6.45, 7) is 0. The summed E-state index contributed by atoms with van der Waals surface area (Å²) in [5.41, 5.74) is 1.74. The molecule has 0 saturated carbocycles. The molecule has 0 saturated heterocycles. The fourth-order valence-corrected chi connectivity index (χ4v) is 2.39. The molecule has 0 heterocycles. The van der Waals surface area contributed by atoms with Gasteiger partial charge < -0.3 is 5.11 Å². The zero-order chi connectivity index (χ0) is 17.9. The van der Waals surface area contributed by atoms with E-state index in [4.69, 9.17) is 28.3 Å². The van der Waals surface area contributed by atoms with E-state index < -0.39 is 17.7 Å². The molecule has 24 heavy (non-hydrogen) atoms. The molecule has 2 rings (SSSR count). The number of nitrogens with zero attached hydrogens (tertiary/aromatic N) is 1. The van der Waals surface area contributed by atoms with Crippen molar-refractivity contribution in [3.05, 3.63) is 63.1 Å². The van der Waals surface area contributed by atoms with Crippen LogP contribution in [0.25, 0.3) is 0 Å². The summed E-state index contributed by atoms with van der Waals surface area (Å²) in [7, 11) is 0. The lowest BCUT2D eigenvalue weighted by atomic mass is 10.1. The molecule has 0 atom stereocenters. The third kappa shape index (κ3) is 4.18. The molecule has 0 aliphatic carbocycles. The van der Waals surface area contributed by atoms with Crippen LogP contribution in [0, 0.1) is 0 Å². The van der Waals surface area contributed by atoms with Gasteiger partial charge in [0.1, 0.15) is 0 Å². The van der Waals surface area contributed by atoms with Gasteiger partial charge in [0.2, 0.25) is 0 Å². The van der Waals surface area contributed by atoms with Crippen molar-refractivity contribution in [1.29, 1.82) is 0 Å². The van der Waals surface area contributed by atoms with Gasteiger partial charge in [-0.1, -0.05) is 41.4 Å². The van der Waals surface area contributed by atoms with Gasteiger partial charge in [-0.2, -0.15) is 18.3 Å². The molecular formula is C15H9Cl2F3N2O2. The number of hydrogen-bond acceptors (Lipinski definition) is 3. The summed E-state index contributed by atoms with van der Waals surface area (Å²) in [6, 6.07) is 7.52. The lowest BCUT2D eigenvalue weighted by Crippen LogP contribution is -2.06. The topological polar surface area (TPSA) is 61.7 Å². The Kier molecular flexibility index (Phi) is 5.36. The maximum Gasteiger partial charge on any atom is 0.416 e. The fraction of sp³-hybridized carbons (Fsp3) is 0.0667. The van der Waals surface area contributed by atoms with Crippen molar-refractivity contribution in [2.24, 2.45) is 5.10 Å². The summed E-state index contributed by atoms with van der Waals surface area (Å²) in [5.74, 6) is -1.14. The van der Waals surface area contributed by atoms with Crippen LogP contribution in [0.5, 0.6) is 0 Å². The minimum atomic E-state index is -4.57. The van der Waals surface area contributed by atoms with E-state index in [1.54, 1.807) is 12.1 Å². The van der Waals surface area contributed by atoms with Crippen LogP contribution in [-0.4, -0.2) is 17.3 Å². The molecule has 0 fully saturated rings. The number of rotatable bonds is 4. The highest BCUT2D eigenvalue weighted by Crippen LogP contribution is 2.38. The summed E-state index contributed by atoms with van der Waals surface area (Å²) in [4.78, 5) is 11.1. The smallest absolute Gasteiger partial charge is 0.416 e. The van der Waals surface area contributed by atoms with Gasteiger partial charge in [0.05, 0.1) is 33.1 Å². The number of alkyl halides is 3. The van der Waals surface area contributed by atoms with Gasteiger partial charge in [-0.25, -0.2) is 4.79 Å². The largest absolute Gasteiger partial charge is 0.478 e. The molecule has 4 nitrogen and oxygen atoms in total. The average molecular weight is 377 g/mol. The fourth-order valence-electron chi connectivity index (χ4n) is 1.81. The predicted octanol–water partition coefficient (Wildman–Crippen LogP) is 5.16. The van der Waals surface area contributed by atoms with E-state index in [0.29, 0.717) is 5.56 Å². The number of carboxylic acids is 1. The molecule has 9 heteroatoms. The molecule has 126 valence electrons. The second kappa shape index (κ2) is 7.11. The first-order chi connectivity index (χ1) is 11.2. The molecule has 0 unspecified atom stereocenters. The maximum absolute atomic E-state index is 12.7. The van der Waals surface area contributed by atoms with Gasteiger partial charge in [-0.3, -0.25) is 5.43 Å². The Morgan fingerprint density at radius 3 is 2.29 bits per heavy atom. The van der Waals surface area contributed by atoms with Crippen LogP contribution in [0.2, 0.25) is 10.0 Å². The molecule has 2 aromatic carbocycles. The summed E-state index contributed by atoms with van der Waals surface area (Å²) >= 11 is 11.6. The highest BCUT2D eigenvalue weighted by Gasteiger charge is 2.32. The number of nitrogens with one attached hydrogen (secondary N) is 1. The lowest BCUT2D eigenvalue weighted by Gasteiger charge is -2.11. The first-order valence-electron chi connectivity index (χ1n) is 6.38. The van der Waals surface area contributed by atoms with Crippen molar-refractivity contribution in [2.75, 3.05) is 5.43 Å². The summed E-state index contributed by atoms with van der Waals surface area (Å²) in [5, 5.41) is 12.3. The molecule has 0 bridgehead atoms. The Hall–Kier alpha value is -2.25. The van der Waals surface area contributed by atoms with Crippen LogP contribution in [0.1, 0.15) is 21.5 Å². The van der Waals surface area contributed by atoms with Gasteiger partial charge in [-0.05, 0) is 18.2 Å². The number of aromatic carboxylic acids is 1. The number of carbonyl (C=O) groups is 1. The van der Waals surface area contributed by atoms with Crippen LogP contribution in [0.3, 0.4) is 0 Å². The van der Waals surface area contributed by atoms with Crippen LogP contribution >= 0.6 is 23.2 Å². The number of anilines is 1. The molecule has 0 spiro atoms. The van der Waals surface area contributed by atoms with E-state index in [9.17, 15) is 18.0 Å². The average Bonchev–Trinajstić information content (AvgIpc) is 2.49. The van der Waals surface area contributed by atoms with Gasteiger partial charge in [-0.15, -0.1) is 0 Å². The number of halogens is 5. The Morgan fingerprint density at radius 1 is 1.17 bits per heavy atom. The normalized spacial score (nSPS) is 11.7. The van der Waals surface area contributed by atoms with E-state index in [0.717, 1.165) is 12.1 Å². The Morgan fingerprint density at radius 2 is 1.75 bits per heavy atom. The molecule has 2 N–H and O–H groups in total. The third-order valence-electron chi connectivity index (χ3n) is 2.94. The van der Waals surface area contributed by atoms with Crippen molar-refractivity contribution < 1.29 is 23.1 Å². The van der Waals surface area contributed by atoms with Crippen LogP contribution < -0.4 is 5.43 Å². The minimum absolute atomic E-state index is 0.0182. The molecule has 0 aliphatic rings. The van der Waals surface area contributed by atoms with Crippen molar-refractivity contribution in [1.82, 2.24) is 0 Å². The Bertz CT molecular complexity index is 785. The molecule has 0 radical (unpaired) electrons. The zero-order valence-electron chi connectivity index (χ0n) is 11.7. The molecular weight excluding hydrogens is 368 g/mol. The summed E-state index contributed by atoms with van der Waals surface area (Å²) < 4.78 is 38.0. The Labute approximate surface area is 144 Å². The number of hydrazone groups is 1. The molecule has 0 amide bonds. The van der Waals surface area contributed by atoms with Crippen molar-refractivity contribution in [3.8, 4) is 0 Å². The van der Waals surface area contributed by atoms with Crippen molar-refractivity contribution in [2.45, 2.75) is 6.18 Å². The first kappa shape index (κ1) is 18.1. The van der Waals surface area contributed by atoms with E-state index in [-0.39, 0.29) is 21.3 Å². The first-order valence-corrected chi connectivity index (χ1v) is 7.13. The highest BCUT2D eigenvalue weighted by molar-refractivity contribution is 6.39.